The van der Waals surface area contributed by atoms with Crippen molar-refractivity contribution in [1.82, 2.24) is 5.32 Å². The number of rotatable bonds is 6. The van der Waals surface area contributed by atoms with E-state index >= 15 is 0 Å². The van der Waals surface area contributed by atoms with Gasteiger partial charge in [-0.1, -0.05) is 6.92 Å². The Morgan fingerprint density at radius 1 is 1.08 bits per heavy atom. The van der Waals surface area contributed by atoms with Gasteiger partial charge < -0.3 is 11.1 Å². The Bertz CT molecular complexity index is 161. The van der Waals surface area contributed by atoms with E-state index in [1.807, 2.05) is 0 Å². The van der Waals surface area contributed by atoms with E-state index < -0.39 is 0 Å². The van der Waals surface area contributed by atoms with Crippen molar-refractivity contribution in [2.24, 2.45) is 16.6 Å². The van der Waals surface area contributed by atoms with Crippen molar-refractivity contribution in [1.29, 1.82) is 0 Å². The van der Waals surface area contributed by atoms with Crippen molar-refractivity contribution in [2.45, 2.75) is 39.0 Å². The monoisotopic (exact) mass is 182 g/mol. The van der Waals surface area contributed by atoms with Crippen LogP contribution >= 0.6 is 0 Å². The Balaban J connectivity index is 1.64. The van der Waals surface area contributed by atoms with E-state index in [4.69, 9.17) is 5.73 Å². The van der Waals surface area contributed by atoms with Gasteiger partial charge in [0.25, 0.3) is 0 Å². The molecule has 0 aromatic rings. The Hall–Kier alpha value is -0.0800. The average Bonchev–Trinajstić information content (AvgIpc) is 3.01. The van der Waals surface area contributed by atoms with Crippen molar-refractivity contribution in [2.75, 3.05) is 19.6 Å². The third-order valence-corrected chi connectivity index (χ3v) is 4.10. The van der Waals surface area contributed by atoms with Crippen LogP contribution in [0.3, 0.4) is 0 Å². The lowest BCUT2D eigenvalue weighted by Crippen LogP contribution is -2.33. The Labute approximate surface area is 81.3 Å². The standard InChI is InChI=1S/C11H22N2/c1-2-10(3-4-10)8-13-9-11(7-12)5-6-11/h13H,2-9,12H2,1H3. The predicted molar refractivity (Wildman–Crippen MR) is 55.5 cm³/mol. The second-order valence-corrected chi connectivity index (χ2v) is 5.16. The van der Waals surface area contributed by atoms with Gasteiger partial charge >= 0.3 is 0 Å². The zero-order valence-corrected chi connectivity index (χ0v) is 8.73. The van der Waals surface area contributed by atoms with Crippen LogP contribution in [0.4, 0.5) is 0 Å². The molecule has 0 spiro atoms. The van der Waals surface area contributed by atoms with Crippen LogP contribution in [0.15, 0.2) is 0 Å². The molecule has 3 N–H and O–H groups in total. The summed E-state index contributed by atoms with van der Waals surface area (Å²) >= 11 is 0. The molecule has 0 saturated heterocycles. The third kappa shape index (κ3) is 2.05. The van der Waals surface area contributed by atoms with Crippen LogP contribution in [0.2, 0.25) is 0 Å². The minimum Gasteiger partial charge on any atom is -0.330 e. The van der Waals surface area contributed by atoms with Crippen molar-refractivity contribution in [3.8, 4) is 0 Å². The van der Waals surface area contributed by atoms with Gasteiger partial charge in [-0.25, -0.2) is 0 Å². The van der Waals surface area contributed by atoms with Crippen LogP contribution in [-0.4, -0.2) is 19.6 Å². The van der Waals surface area contributed by atoms with Crippen molar-refractivity contribution >= 4 is 0 Å². The van der Waals surface area contributed by atoms with E-state index in [0.29, 0.717) is 10.8 Å². The molecular formula is C11H22N2. The van der Waals surface area contributed by atoms with Gasteiger partial charge in [0.15, 0.2) is 0 Å². The zero-order chi connectivity index (χ0) is 9.36. The average molecular weight is 182 g/mol. The summed E-state index contributed by atoms with van der Waals surface area (Å²) in [6.45, 7) is 5.57. The van der Waals surface area contributed by atoms with Gasteiger partial charge in [0.05, 0.1) is 0 Å². The fourth-order valence-electron chi connectivity index (χ4n) is 2.05. The topological polar surface area (TPSA) is 38.0 Å². The van der Waals surface area contributed by atoms with Gasteiger partial charge in [0, 0.05) is 13.1 Å². The maximum Gasteiger partial charge on any atom is 0.00201 e. The summed E-state index contributed by atoms with van der Waals surface area (Å²) in [5, 5.41) is 3.61. The molecule has 13 heavy (non-hydrogen) atoms. The lowest BCUT2D eigenvalue weighted by atomic mass is 10.0. The molecule has 0 aromatic heterocycles. The molecule has 2 nitrogen and oxygen atoms in total. The number of hydrogen-bond donors (Lipinski definition) is 2. The van der Waals surface area contributed by atoms with E-state index in [1.165, 1.54) is 38.6 Å². The fraction of sp³-hybridized carbons (Fsp3) is 1.00. The number of hydrogen-bond acceptors (Lipinski definition) is 2. The molecule has 2 fully saturated rings. The van der Waals surface area contributed by atoms with Gasteiger partial charge in [-0.05, 0) is 49.5 Å². The first-order chi connectivity index (χ1) is 6.24. The van der Waals surface area contributed by atoms with Crippen molar-refractivity contribution in [3.05, 3.63) is 0 Å². The molecule has 76 valence electrons. The molecule has 0 amide bonds. The second kappa shape index (κ2) is 3.25. The first-order valence-electron chi connectivity index (χ1n) is 5.65. The maximum atomic E-state index is 5.73. The summed E-state index contributed by atoms with van der Waals surface area (Å²) in [5.74, 6) is 0. The van der Waals surface area contributed by atoms with Gasteiger partial charge in [0.2, 0.25) is 0 Å². The molecule has 2 heteroatoms. The summed E-state index contributed by atoms with van der Waals surface area (Å²) in [5.41, 5.74) is 6.92. The van der Waals surface area contributed by atoms with Crippen molar-refractivity contribution in [3.63, 3.8) is 0 Å². The van der Waals surface area contributed by atoms with Crippen LogP contribution < -0.4 is 11.1 Å². The highest BCUT2D eigenvalue weighted by molar-refractivity contribution is 4.98. The van der Waals surface area contributed by atoms with Crippen LogP contribution in [0.1, 0.15) is 39.0 Å². The minimum atomic E-state index is 0.504. The second-order valence-electron chi connectivity index (χ2n) is 5.16. The Morgan fingerprint density at radius 2 is 1.62 bits per heavy atom. The Morgan fingerprint density at radius 3 is 2.00 bits per heavy atom. The van der Waals surface area contributed by atoms with Crippen molar-refractivity contribution < 1.29 is 0 Å². The normalized spacial score (nSPS) is 27.2. The van der Waals surface area contributed by atoms with Gasteiger partial charge in [-0.15, -0.1) is 0 Å². The highest BCUT2D eigenvalue weighted by atomic mass is 14.9. The summed E-state index contributed by atoms with van der Waals surface area (Å²) in [4.78, 5) is 0. The molecule has 0 unspecified atom stereocenters. The molecule has 0 aliphatic heterocycles. The Kier molecular flexibility index (Phi) is 2.37. The van der Waals surface area contributed by atoms with E-state index in [0.717, 1.165) is 13.1 Å². The molecule has 0 atom stereocenters. The fourth-order valence-corrected chi connectivity index (χ4v) is 2.05. The zero-order valence-electron chi connectivity index (χ0n) is 8.73. The molecule has 2 rings (SSSR count). The van der Waals surface area contributed by atoms with Crippen LogP contribution in [0.25, 0.3) is 0 Å². The highest BCUT2D eigenvalue weighted by Gasteiger charge is 2.43. The lowest BCUT2D eigenvalue weighted by Gasteiger charge is -2.17. The molecule has 0 aromatic carbocycles. The first-order valence-corrected chi connectivity index (χ1v) is 5.65. The SMILES string of the molecule is CCC1(CNCC2(CN)CC2)CC1. The molecule has 0 bridgehead atoms. The largest absolute Gasteiger partial charge is 0.330 e. The summed E-state index contributed by atoms with van der Waals surface area (Å²) < 4.78 is 0. The van der Waals surface area contributed by atoms with Crippen LogP contribution in [0, 0.1) is 10.8 Å². The van der Waals surface area contributed by atoms with Gasteiger partial charge in [0.1, 0.15) is 0 Å². The summed E-state index contributed by atoms with van der Waals surface area (Å²) in [6, 6.07) is 0. The maximum absolute atomic E-state index is 5.73. The minimum absolute atomic E-state index is 0.504. The lowest BCUT2D eigenvalue weighted by molar-refractivity contribution is 0.396. The van der Waals surface area contributed by atoms with Crippen LogP contribution in [0.5, 0.6) is 0 Å². The van der Waals surface area contributed by atoms with E-state index in [9.17, 15) is 0 Å². The smallest absolute Gasteiger partial charge is 0.00201 e. The van der Waals surface area contributed by atoms with Gasteiger partial charge in [-0.2, -0.15) is 0 Å². The molecule has 0 radical (unpaired) electrons. The van der Waals surface area contributed by atoms with Gasteiger partial charge in [-0.3, -0.25) is 0 Å². The molecule has 0 heterocycles. The number of nitrogens with one attached hydrogen (secondary N) is 1. The predicted octanol–water partition coefficient (Wildman–Crippen LogP) is 1.51. The summed E-state index contributed by atoms with van der Waals surface area (Å²) in [6.07, 6.45) is 6.90. The molecular weight excluding hydrogens is 160 g/mol. The molecule has 2 aliphatic carbocycles. The molecule has 2 saturated carbocycles. The molecule has 2 aliphatic rings. The van der Waals surface area contributed by atoms with E-state index in [2.05, 4.69) is 12.2 Å². The highest BCUT2D eigenvalue weighted by Crippen LogP contribution is 2.48. The van der Waals surface area contributed by atoms with Crippen LogP contribution in [-0.2, 0) is 0 Å². The third-order valence-electron chi connectivity index (χ3n) is 4.10. The van der Waals surface area contributed by atoms with E-state index in [-0.39, 0.29) is 0 Å². The van der Waals surface area contributed by atoms with E-state index in [1.54, 1.807) is 0 Å². The number of nitrogens with two attached hydrogens (primary N) is 1. The quantitative estimate of drug-likeness (QED) is 0.653. The first kappa shape index (κ1) is 9.47. The summed E-state index contributed by atoms with van der Waals surface area (Å²) in [7, 11) is 0.